The Bertz CT molecular complexity index is 405. The number of carboxylic acids is 1. The number of amides is 1. The van der Waals surface area contributed by atoms with Gasteiger partial charge in [-0.25, -0.2) is 9.78 Å². The molecule has 17 heavy (non-hydrogen) atoms. The number of imidazole rings is 1. The number of carbonyl (C=O) groups excluding carboxylic acids is 1. The third-order valence-electron chi connectivity index (χ3n) is 2.20. The summed E-state index contributed by atoms with van der Waals surface area (Å²) >= 11 is 1.70. The summed E-state index contributed by atoms with van der Waals surface area (Å²) in [5, 5.41) is 11.5. The van der Waals surface area contributed by atoms with Crippen LogP contribution in [-0.4, -0.2) is 45.0 Å². The van der Waals surface area contributed by atoms with Crippen LogP contribution < -0.4 is 5.32 Å². The molecule has 1 atom stereocenters. The molecule has 7 heteroatoms. The number of nitrogens with zero attached hydrogens (tertiary/aromatic N) is 1. The Morgan fingerprint density at radius 2 is 2.35 bits per heavy atom. The van der Waals surface area contributed by atoms with E-state index in [-0.39, 0.29) is 17.4 Å². The number of rotatable bonds is 6. The zero-order chi connectivity index (χ0) is 12.8. The van der Waals surface area contributed by atoms with Crippen LogP contribution in [0.4, 0.5) is 0 Å². The maximum atomic E-state index is 11.7. The molecule has 0 aromatic carbocycles. The zero-order valence-electron chi connectivity index (χ0n) is 9.69. The fourth-order valence-electron chi connectivity index (χ4n) is 1.29. The summed E-state index contributed by atoms with van der Waals surface area (Å²) in [6, 6.07) is -0.00621. The molecule has 1 heterocycles. The van der Waals surface area contributed by atoms with Crippen molar-refractivity contribution >= 4 is 23.6 Å². The second-order valence-electron chi connectivity index (χ2n) is 3.59. The maximum Gasteiger partial charge on any atom is 0.354 e. The summed E-state index contributed by atoms with van der Waals surface area (Å²) < 4.78 is 0. The predicted molar refractivity (Wildman–Crippen MR) is 65.5 cm³/mol. The third-order valence-corrected chi connectivity index (χ3v) is 2.84. The largest absolute Gasteiger partial charge is 0.477 e. The molecule has 0 radical (unpaired) electrons. The Labute approximate surface area is 103 Å². The van der Waals surface area contributed by atoms with Gasteiger partial charge in [0.1, 0.15) is 0 Å². The lowest BCUT2D eigenvalue weighted by Crippen LogP contribution is -2.34. The molecule has 1 aromatic heterocycles. The van der Waals surface area contributed by atoms with E-state index in [1.807, 2.05) is 13.2 Å². The second kappa shape index (κ2) is 6.29. The van der Waals surface area contributed by atoms with Gasteiger partial charge in [0.05, 0.1) is 6.33 Å². The van der Waals surface area contributed by atoms with Gasteiger partial charge in [-0.1, -0.05) is 0 Å². The first kappa shape index (κ1) is 13.6. The van der Waals surface area contributed by atoms with Crippen molar-refractivity contribution in [1.29, 1.82) is 0 Å². The molecule has 0 bridgehead atoms. The van der Waals surface area contributed by atoms with Gasteiger partial charge >= 0.3 is 5.97 Å². The van der Waals surface area contributed by atoms with Crippen molar-refractivity contribution in [3.8, 4) is 0 Å². The number of hydrogen-bond acceptors (Lipinski definition) is 4. The van der Waals surface area contributed by atoms with Gasteiger partial charge in [-0.3, -0.25) is 4.79 Å². The van der Waals surface area contributed by atoms with E-state index in [1.54, 1.807) is 11.8 Å². The molecule has 1 rings (SSSR count). The fraction of sp³-hybridized carbons (Fsp3) is 0.500. The second-order valence-corrected chi connectivity index (χ2v) is 4.57. The topological polar surface area (TPSA) is 95.1 Å². The minimum absolute atomic E-state index is 0.00621. The molecule has 0 saturated carbocycles. The van der Waals surface area contributed by atoms with E-state index < -0.39 is 11.9 Å². The van der Waals surface area contributed by atoms with Crippen LogP contribution in [0, 0.1) is 0 Å². The number of carboxylic acid groups (broad SMARTS) is 1. The quantitative estimate of drug-likeness (QED) is 0.706. The number of aromatic carboxylic acids is 1. The molecule has 3 N–H and O–H groups in total. The van der Waals surface area contributed by atoms with Crippen LogP contribution in [0.3, 0.4) is 0 Å². The summed E-state index contributed by atoms with van der Waals surface area (Å²) in [7, 11) is 0. The lowest BCUT2D eigenvalue weighted by atomic mass is 10.2. The summed E-state index contributed by atoms with van der Waals surface area (Å²) in [4.78, 5) is 28.7. The minimum Gasteiger partial charge on any atom is -0.477 e. The van der Waals surface area contributed by atoms with E-state index in [0.29, 0.717) is 0 Å². The number of carbonyl (C=O) groups is 2. The molecule has 0 saturated heterocycles. The molecular weight excluding hydrogens is 242 g/mol. The third kappa shape index (κ3) is 3.77. The molecular formula is C10H15N3O3S. The van der Waals surface area contributed by atoms with Crippen LogP contribution in [0.2, 0.25) is 0 Å². The van der Waals surface area contributed by atoms with Gasteiger partial charge in [-0.15, -0.1) is 0 Å². The van der Waals surface area contributed by atoms with Crippen LogP contribution in [-0.2, 0) is 0 Å². The van der Waals surface area contributed by atoms with Crippen molar-refractivity contribution < 1.29 is 14.7 Å². The number of thioether (sulfide) groups is 1. The van der Waals surface area contributed by atoms with Crippen molar-refractivity contribution in [2.24, 2.45) is 0 Å². The Morgan fingerprint density at radius 1 is 1.65 bits per heavy atom. The molecule has 1 aromatic rings. The number of aromatic nitrogens is 2. The first-order valence-corrected chi connectivity index (χ1v) is 6.52. The van der Waals surface area contributed by atoms with Crippen LogP contribution in [0.1, 0.15) is 34.3 Å². The molecule has 0 aliphatic heterocycles. The number of nitrogens with one attached hydrogen (secondary N) is 2. The molecule has 1 unspecified atom stereocenters. The van der Waals surface area contributed by atoms with Crippen LogP contribution in [0.25, 0.3) is 0 Å². The SMILES string of the molecule is CSCCC(C)NC(=O)c1nc[nH]c1C(=O)O. The molecule has 94 valence electrons. The Kier molecular flexibility index (Phi) is 5.02. The summed E-state index contributed by atoms with van der Waals surface area (Å²) in [6.45, 7) is 1.88. The molecule has 6 nitrogen and oxygen atoms in total. The Morgan fingerprint density at radius 3 is 2.94 bits per heavy atom. The number of aromatic amines is 1. The van der Waals surface area contributed by atoms with Crippen molar-refractivity contribution in [3.63, 3.8) is 0 Å². The number of hydrogen-bond donors (Lipinski definition) is 3. The van der Waals surface area contributed by atoms with Crippen LogP contribution >= 0.6 is 11.8 Å². The summed E-state index contributed by atoms with van der Waals surface area (Å²) in [6.07, 6.45) is 4.02. The minimum atomic E-state index is -1.19. The highest BCUT2D eigenvalue weighted by molar-refractivity contribution is 7.98. The number of H-pyrrole nitrogens is 1. The molecule has 0 aliphatic rings. The standard InChI is InChI=1S/C10H15N3O3S/c1-6(3-4-17-2)13-9(14)7-8(10(15)16)12-5-11-7/h5-6H,3-4H2,1-2H3,(H,11,12)(H,13,14)(H,15,16). The van der Waals surface area contributed by atoms with E-state index in [2.05, 4.69) is 15.3 Å². The fourth-order valence-corrected chi connectivity index (χ4v) is 1.88. The smallest absolute Gasteiger partial charge is 0.354 e. The average molecular weight is 257 g/mol. The van der Waals surface area contributed by atoms with Gasteiger partial charge in [-0.2, -0.15) is 11.8 Å². The van der Waals surface area contributed by atoms with Gasteiger partial charge in [0.25, 0.3) is 5.91 Å². The Balaban J connectivity index is 2.63. The maximum absolute atomic E-state index is 11.7. The lowest BCUT2D eigenvalue weighted by Gasteiger charge is -2.12. The highest BCUT2D eigenvalue weighted by Gasteiger charge is 2.20. The van der Waals surface area contributed by atoms with Crippen LogP contribution in [0.5, 0.6) is 0 Å². The van der Waals surface area contributed by atoms with E-state index in [0.717, 1.165) is 12.2 Å². The van der Waals surface area contributed by atoms with E-state index in [1.165, 1.54) is 6.33 Å². The van der Waals surface area contributed by atoms with Gasteiger partial charge in [0.15, 0.2) is 11.4 Å². The van der Waals surface area contributed by atoms with Gasteiger partial charge in [0.2, 0.25) is 0 Å². The zero-order valence-corrected chi connectivity index (χ0v) is 10.5. The highest BCUT2D eigenvalue weighted by Crippen LogP contribution is 2.05. The molecule has 0 aliphatic carbocycles. The van der Waals surface area contributed by atoms with Crippen molar-refractivity contribution in [2.75, 3.05) is 12.0 Å². The van der Waals surface area contributed by atoms with Gasteiger partial charge in [0, 0.05) is 6.04 Å². The van der Waals surface area contributed by atoms with Gasteiger partial charge in [-0.05, 0) is 25.4 Å². The first-order valence-electron chi connectivity index (χ1n) is 5.12. The van der Waals surface area contributed by atoms with Crippen LogP contribution in [0.15, 0.2) is 6.33 Å². The normalized spacial score (nSPS) is 12.1. The Hall–Kier alpha value is -1.50. The molecule has 1 amide bonds. The van der Waals surface area contributed by atoms with Gasteiger partial charge < -0.3 is 15.4 Å². The molecule has 0 fully saturated rings. The van der Waals surface area contributed by atoms with E-state index in [9.17, 15) is 9.59 Å². The van der Waals surface area contributed by atoms with Crippen molar-refractivity contribution in [2.45, 2.75) is 19.4 Å². The molecule has 0 spiro atoms. The lowest BCUT2D eigenvalue weighted by molar-refractivity contribution is 0.0684. The van der Waals surface area contributed by atoms with Crippen molar-refractivity contribution in [3.05, 3.63) is 17.7 Å². The van der Waals surface area contributed by atoms with Crippen molar-refractivity contribution in [1.82, 2.24) is 15.3 Å². The summed E-state index contributed by atoms with van der Waals surface area (Å²) in [5.41, 5.74) is -0.256. The predicted octanol–water partition coefficient (Wildman–Crippen LogP) is 0.979. The monoisotopic (exact) mass is 257 g/mol. The van der Waals surface area contributed by atoms with E-state index >= 15 is 0 Å². The van der Waals surface area contributed by atoms with E-state index in [4.69, 9.17) is 5.11 Å². The average Bonchev–Trinajstić information content (AvgIpc) is 2.75. The first-order chi connectivity index (χ1) is 8.06. The summed E-state index contributed by atoms with van der Waals surface area (Å²) in [5.74, 6) is -0.713. The highest BCUT2D eigenvalue weighted by atomic mass is 32.2.